The summed E-state index contributed by atoms with van der Waals surface area (Å²) in [7, 11) is 0. The summed E-state index contributed by atoms with van der Waals surface area (Å²) in [4.78, 5) is 12.6. The molecule has 4 saturated carbocycles. The number of hydrogen-bond donors (Lipinski definition) is 1. The molecule has 0 amide bonds. The van der Waals surface area contributed by atoms with Crippen molar-refractivity contribution < 1.29 is 14.6 Å². The lowest BCUT2D eigenvalue weighted by atomic mass is 9.44. The van der Waals surface area contributed by atoms with Crippen LogP contribution in [0.1, 0.15) is 79.6 Å². The summed E-state index contributed by atoms with van der Waals surface area (Å²) >= 11 is 0. The van der Waals surface area contributed by atoms with Crippen molar-refractivity contribution in [3.8, 4) is 0 Å². The van der Waals surface area contributed by atoms with Crippen molar-refractivity contribution >= 4 is 5.97 Å². The Morgan fingerprint density at radius 1 is 1.14 bits per heavy atom. The van der Waals surface area contributed by atoms with Crippen molar-refractivity contribution in [2.45, 2.75) is 90.8 Å². The Morgan fingerprint density at radius 2 is 1.68 bits per heavy atom. The van der Waals surface area contributed by atoms with Crippen molar-refractivity contribution in [2.24, 2.45) is 22.7 Å². The van der Waals surface area contributed by atoms with Gasteiger partial charge >= 0.3 is 5.97 Å². The molecule has 1 N–H and O–H groups in total. The predicted octanol–water partition coefficient (Wildman–Crippen LogP) is 4.08. The summed E-state index contributed by atoms with van der Waals surface area (Å²) in [5.74, 6) is 1.13. The van der Waals surface area contributed by atoms with E-state index in [9.17, 15) is 9.90 Å². The van der Waals surface area contributed by atoms with Gasteiger partial charge in [0.25, 0.3) is 0 Å². The van der Waals surface area contributed by atoms with Crippen LogP contribution in [-0.2, 0) is 9.53 Å². The zero-order valence-electron chi connectivity index (χ0n) is 14.9. The molecule has 0 aromatic rings. The van der Waals surface area contributed by atoms with Gasteiger partial charge in [-0.2, -0.15) is 0 Å². The van der Waals surface area contributed by atoms with Crippen LogP contribution in [-0.4, -0.2) is 22.3 Å². The lowest BCUT2D eigenvalue weighted by Crippen LogP contribution is -2.63. The highest BCUT2D eigenvalue weighted by Gasteiger charge is 2.63. The van der Waals surface area contributed by atoms with Crippen LogP contribution in [0.5, 0.6) is 0 Å². The fraction of sp³-hybridized carbons (Fsp3) is 0.947. The van der Waals surface area contributed by atoms with E-state index in [0.29, 0.717) is 11.8 Å². The molecule has 2 atom stereocenters. The number of carbonyl (C=O) groups excluding carboxylic acids is 1. The average Bonchev–Trinajstić information content (AvgIpc) is 2.34. The van der Waals surface area contributed by atoms with E-state index in [4.69, 9.17) is 4.74 Å². The number of rotatable bonds is 4. The number of ether oxygens (including phenoxy) is 1. The standard InChI is InChI=1S/C19H32O3/c1-6-16(2,3)15(20)22-17(4,5)18-8-13-7-14(9-18)11-19(21,10-13)12-18/h13-14,21H,6-12H2,1-5H3. The molecule has 0 saturated heterocycles. The van der Waals surface area contributed by atoms with E-state index in [-0.39, 0.29) is 11.4 Å². The summed E-state index contributed by atoms with van der Waals surface area (Å²) in [5, 5.41) is 10.9. The average molecular weight is 308 g/mol. The van der Waals surface area contributed by atoms with Crippen molar-refractivity contribution in [3.63, 3.8) is 0 Å². The molecule has 2 unspecified atom stereocenters. The first-order valence-corrected chi connectivity index (χ1v) is 8.97. The summed E-state index contributed by atoms with van der Waals surface area (Å²) in [6.07, 6.45) is 6.97. The van der Waals surface area contributed by atoms with E-state index in [0.717, 1.165) is 38.5 Å². The fourth-order valence-corrected chi connectivity index (χ4v) is 5.54. The summed E-state index contributed by atoms with van der Waals surface area (Å²) < 4.78 is 6.07. The first-order chi connectivity index (χ1) is 10.0. The van der Waals surface area contributed by atoms with Gasteiger partial charge in [0.15, 0.2) is 0 Å². The molecular weight excluding hydrogens is 276 g/mol. The van der Waals surface area contributed by atoms with Crippen LogP contribution in [0.4, 0.5) is 0 Å². The van der Waals surface area contributed by atoms with Crippen molar-refractivity contribution in [2.75, 3.05) is 0 Å². The largest absolute Gasteiger partial charge is 0.459 e. The smallest absolute Gasteiger partial charge is 0.312 e. The minimum absolute atomic E-state index is 0.0364. The molecular formula is C19H32O3. The van der Waals surface area contributed by atoms with Crippen LogP contribution in [0.25, 0.3) is 0 Å². The molecule has 4 aliphatic rings. The van der Waals surface area contributed by atoms with Crippen LogP contribution >= 0.6 is 0 Å². The molecule has 4 aliphatic carbocycles. The summed E-state index contributed by atoms with van der Waals surface area (Å²) in [6, 6.07) is 0. The first kappa shape index (κ1) is 16.3. The van der Waals surface area contributed by atoms with Gasteiger partial charge in [-0.3, -0.25) is 4.79 Å². The highest BCUT2D eigenvalue weighted by molar-refractivity contribution is 5.76. The molecule has 0 spiro atoms. The molecule has 3 nitrogen and oxygen atoms in total. The normalized spacial score (nSPS) is 40.8. The first-order valence-electron chi connectivity index (χ1n) is 8.97. The Hall–Kier alpha value is -0.570. The van der Waals surface area contributed by atoms with Crippen LogP contribution in [0.15, 0.2) is 0 Å². The van der Waals surface area contributed by atoms with Crippen LogP contribution in [0.2, 0.25) is 0 Å². The Labute approximate surface area is 134 Å². The topological polar surface area (TPSA) is 46.5 Å². The molecule has 0 aromatic heterocycles. The molecule has 0 heterocycles. The maximum Gasteiger partial charge on any atom is 0.312 e. The molecule has 3 heteroatoms. The van der Waals surface area contributed by atoms with Gasteiger partial charge in [0, 0.05) is 5.41 Å². The van der Waals surface area contributed by atoms with Gasteiger partial charge in [-0.15, -0.1) is 0 Å². The maximum absolute atomic E-state index is 12.6. The number of carbonyl (C=O) groups is 1. The highest BCUT2D eigenvalue weighted by Crippen LogP contribution is 2.65. The Morgan fingerprint density at radius 3 is 2.14 bits per heavy atom. The van der Waals surface area contributed by atoms with E-state index >= 15 is 0 Å². The fourth-order valence-electron chi connectivity index (χ4n) is 5.54. The third-order valence-electron chi connectivity index (χ3n) is 7.09. The number of esters is 1. The van der Waals surface area contributed by atoms with Gasteiger partial charge in [0.05, 0.1) is 11.0 Å². The van der Waals surface area contributed by atoms with Crippen molar-refractivity contribution in [1.82, 2.24) is 0 Å². The molecule has 4 fully saturated rings. The minimum atomic E-state index is -0.506. The van der Waals surface area contributed by atoms with Gasteiger partial charge in [0.2, 0.25) is 0 Å². The van der Waals surface area contributed by atoms with E-state index in [1.165, 1.54) is 6.42 Å². The van der Waals surface area contributed by atoms with Gasteiger partial charge in [-0.25, -0.2) is 0 Å². The third-order valence-corrected chi connectivity index (χ3v) is 7.09. The minimum Gasteiger partial charge on any atom is -0.459 e. The van der Waals surface area contributed by atoms with Gasteiger partial charge < -0.3 is 9.84 Å². The molecule has 0 aromatic carbocycles. The van der Waals surface area contributed by atoms with Gasteiger partial charge in [0.1, 0.15) is 5.60 Å². The van der Waals surface area contributed by atoms with Gasteiger partial charge in [-0.1, -0.05) is 6.92 Å². The second kappa shape index (κ2) is 4.72. The quantitative estimate of drug-likeness (QED) is 0.796. The van der Waals surface area contributed by atoms with E-state index in [1.54, 1.807) is 0 Å². The third kappa shape index (κ3) is 2.40. The SMILES string of the molecule is CCC(C)(C)C(=O)OC(C)(C)C12CC3CC(CC(O)(C3)C1)C2. The predicted molar refractivity (Wildman–Crippen MR) is 86.3 cm³/mol. The van der Waals surface area contributed by atoms with Crippen LogP contribution in [0.3, 0.4) is 0 Å². The van der Waals surface area contributed by atoms with E-state index in [2.05, 4.69) is 13.8 Å². The number of aliphatic hydroxyl groups is 1. The maximum atomic E-state index is 12.6. The Kier molecular flexibility index (Phi) is 3.49. The van der Waals surface area contributed by atoms with Crippen molar-refractivity contribution in [1.29, 1.82) is 0 Å². The zero-order chi connectivity index (χ0) is 16.4. The highest BCUT2D eigenvalue weighted by atomic mass is 16.6. The van der Waals surface area contributed by atoms with E-state index in [1.807, 2.05) is 20.8 Å². The molecule has 0 aliphatic heterocycles. The molecule has 4 rings (SSSR count). The zero-order valence-corrected chi connectivity index (χ0v) is 14.9. The summed E-state index contributed by atoms with van der Waals surface area (Å²) in [5.41, 5.74) is -1.47. The molecule has 126 valence electrons. The summed E-state index contributed by atoms with van der Waals surface area (Å²) in [6.45, 7) is 10.1. The van der Waals surface area contributed by atoms with Crippen LogP contribution < -0.4 is 0 Å². The second-order valence-corrected chi connectivity index (χ2v) is 9.60. The van der Waals surface area contributed by atoms with Crippen LogP contribution in [0, 0.1) is 22.7 Å². The van der Waals surface area contributed by atoms with Crippen molar-refractivity contribution in [3.05, 3.63) is 0 Å². The van der Waals surface area contributed by atoms with E-state index < -0.39 is 16.6 Å². The Bertz CT molecular complexity index is 463. The van der Waals surface area contributed by atoms with Gasteiger partial charge in [-0.05, 0) is 84.5 Å². The lowest BCUT2D eigenvalue weighted by molar-refractivity contribution is -0.236. The monoisotopic (exact) mass is 308 g/mol. The Balaban J connectivity index is 1.84. The molecule has 4 bridgehead atoms. The molecule has 22 heavy (non-hydrogen) atoms. The second-order valence-electron chi connectivity index (χ2n) is 9.60. The lowest BCUT2D eigenvalue weighted by Gasteiger charge is -2.64. The molecule has 0 radical (unpaired) electrons. The number of hydrogen-bond acceptors (Lipinski definition) is 3.